The minimum Gasteiger partial charge on any atom is -0.492 e. The molecule has 0 bridgehead atoms. The first-order valence-electron chi connectivity index (χ1n) is 7.41. The lowest BCUT2D eigenvalue weighted by Crippen LogP contribution is -2.38. The molecular formula is C15H23N3O3. The summed E-state index contributed by atoms with van der Waals surface area (Å²) in [6, 6.07) is 6.18. The zero-order valence-corrected chi connectivity index (χ0v) is 12.5. The van der Waals surface area contributed by atoms with Gasteiger partial charge in [-0.15, -0.1) is 0 Å². The van der Waals surface area contributed by atoms with E-state index in [0.717, 1.165) is 25.6 Å². The van der Waals surface area contributed by atoms with Crippen LogP contribution in [0, 0.1) is 16.0 Å². The van der Waals surface area contributed by atoms with Crippen molar-refractivity contribution < 1.29 is 9.66 Å². The first-order valence-corrected chi connectivity index (χ1v) is 7.41. The number of nitro benzene ring substituents is 1. The van der Waals surface area contributed by atoms with E-state index in [9.17, 15) is 10.1 Å². The van der Waals surface area contributed by atoms with Crippen molar-refractivity contribution in [1.29, 1.82) is 0 Å². The van der Waals surface area contributed by atoms with Crippen LogP contribution in [0.15, 0.2) is 24.3 Å². The van der Waals surface area contributed by atoms with E-state index in [1.807, 2.05) is 0 Å². The number of rotatable bonds is 7. The number of hydrogen-bond acceptors (Lipinski definition) is 5. The summed E-state index contributed by atoms with van der Waals surface area (Å²) in [6.45, 7) is 4.75. The summed E-state index contributed by atoms with van der Waals surface area (Å²) in [7, 11) is 2.17. The first kappa shape index (κ1) is 15.7. The molecule has 0 radical (unpaired) electrons. The molecule has 1 aromatic rings. The van der Waals surface area contributed by atoms with Gasteiger partial charge in [0.2, 0.25) is 0 Å². The van der Waals surface area contributed by atoms with Crippen molar-refractivity contribution in [3.63, 3.8) is 0 Å². The summed E-state index contributed by atoms with van der Waals surface area (Å²) < 4.78 is 5.56. The van der Waals surface area contributed by atoms with Gasteiger partial charge < -0.3 is 15.0 Å². The fourth-order valence-corrected chi connectivity index (χ4v) is 2.65. The van der Waals surface area contributed by atoms with Crippen LogP contribution in [0.2, 0.25) is 0 Å². The van der Waals surface area contributed by atoms with Crippen LogP contribution in [0.3, 0.4) is 0 Å². The second kappa shape index (κ2) is 7.95. The van der Waals surface area contributed by atoms with E-state index in [4.69, 9.17) is 4.74 Å². The highest BCUT2D eigenvalue weighted by atomic mass is 16.6. The Morgan fingerprint density at radius 2 is 2.19 bits per heavy atom. The topological polar surface area (TPSA) is 67.6 Å². The lowest BCUT2D eigenvalue weighted by atomic mass is 9.98. The van der Waals surface area contributed by atoms with E-state index in [2.05, 4.69) is 17.3 Å². The number of nitrogens with one attached hydrogen (secondary N) is 1. The fourth-order valence-electron chi connectivity index (χ4n) is 2.65. The predicted octanol–water partition coefficient (Wildman–Crippen LogP) is 1.90. The van der Waals surface area contributed by atoms with Crippen molar-refractivity contribution in [2.75, 3.05) is 39.8 Å². The Morgan fingerprint density at radius 1 is 1.43 bits per heavy atom. The Morgan fingerprint density at radius 3 is 2.86 bits per heavy atom. The van der Waals surface area contributed by atoms with Gasteiger partial charge in [-0.05, 0) is 51.0 Å². The average molecular weight is 293 g/mol. The molecule has 0 saturated carbocycles. The molecule has 1 unspecified atom stereocenters. The quantitative estimate of drug-likeness (QED) is 0.472. The van der Waals surface area contributed by atoms with Crippen LogP contribution < -0.4 is 10.1 Å². The molecule has 1 atom stereocenters. The smallest absolute Gasteiger partial charge is 0.269 e. The molecule has 0 aromatic heterocycles. The molecule has 0 amide bonds. The lowest BCUT2D eigenvalue weighted by Gasteiger charge is -2.29. The number of likely N-dealkylation sites (tertiary alicyclic amines) is 1. The molecule has 1 heterocycles. The summed E-state index contributed by atoms with van der Waals surface area (Å²) in [5, 5.41) is 14.0. The molecule has 6 heteroatoms. The van der Waals surface area contributed by atoms with Gasteiger partial charge in [-0.25, -0.2) is 0 Å². The third-order valence-corrected chi connectivity index (χ3v) is 3.75. The SMILES string of the molecule is CN1CCCC(CNCCOc2ccc([N+](=O)[O-])cc2)C1. The second-order valence-corrected chi connectivity index (χ2v) is 5.57. The van der Waals surface area contributed by atoms with Gasteiger partial charge in [0.25, 0.3) is 5.69 Å². The highest BCUT2D eigenvalue weighted by Crippen LogP contribution is 2.17. The highest BCUT2D eigenvalue weighted by Gasteiger charge is 2.16. The van der Waals surface area contributed by atoms with Crippen molar-refractivity contribution in [2.24, 2.45) is 5.92 Å². The Kier molecular flexibility index (Phi) is 5.95. The number of hydrogen-bond donors (Lipinski definition) is 1. The molecule has 1 aliphatic heterocycles. The van der Waals surface area contributed by atoms with Gasteiger partial charge in [-0.3, -0.25) is 10.1 Å². The number of piperidine rings is 1. The molecule has 1 saturated heterocycles. The van der Waals surface area contributed by atoms with Crippen molar-refractivity contribution in [3.8, 4) is 5.75 Å². The predicted molar refractivity (Wildman–Crippen MR) is 81.7 cm³/mol. The molecule has 6 nitrogen and oxygen atoms in total. The summed E-state index contributed by atoms with van der Waals surface area (Å²) in [6.07, 6.45) is 2.57. The van der Waals surface area contributed by atoms with Crippen molar-refractivity contribution in [2.45, 2.75) is 12.8 Å². The van der Waals surface area contributed by atoms with Gasteiger partial charge >= 0.3 is 0 Å². The molecule has 1 N–H and O–H groups in total. The first-order chi connectivity index (χ1) is 10.1. The number of non-ortho nitro benzene ring substituents is 1. The van der Waals surface area contributed by atoms with Gasteiger partial charge in [0.05, 0.1) is 4.92 Å². The summed E-state index contributed by atoms with van der Waals surface area (Å²) in [5.41, 5.74) is 0.0851. The third-order valence-electron chi connectivity index (χ3n) is 3.75. The average Bonchev–Trinajstić information content (AvgIpc) is 2.47. The van der Waals surface area contributed by atoms with Crippen LogP contribution in [-0.2, 0) is 0 Å². The van der Waals surface area contributed by atoms with E-state index in [1.165, 1.54) is 31.5 Å². The standard InChI is InChI=1S/C15H23N3O3/c1-17-9-2-3-13(12-17)11-16-8-10-21-15-6-4-14(5-7-15)18(19)20/h4-7,13,16H,2-3,8-12H2,1H3. The fraction of sp³-hybridized carbons (Fsp3) is 0.600. The molecule has 1 aliphatic rings. The normalized spacial score (nSPS) is 19.4. The maximum atomic E-state index is 10.5. The van der Waals surface area contributed by atoms with Gasteiger partial charge in [0.15, 0.2) is 0 Å². The summed E-state index contributed by atoms with van der Waals surface area (Å²) in [4.78, 5) is 12.5. The third kappa shape index (κ3) is 5.32. The molecule has 1 aromatic carbocycles. The van der Waals surface area contributed by atoms with Crippen LogP contribution in [0.25, 0.3) is 0 Å². The lowest BCUT2D eigenvalue weighted by molar-refractivity contribution is -0.384. The molecule has 0 spiro atoms. The molecule has 2 rings (SSSR count). The zero-order valence-electron chi connectivity index (χ0n) is 12.5. The van der Waals surface area contributed by atoms with Crippen LogP contribution in [0.1, 0.15) is 12.8 Å². The summed E-state index contributed by atoms with van der Waals surface area (Å²) >= 11 is 0. The second-order valence-electron chi connectivity index (χ2n) is 5.57. The number of nitrogens with zero attached hydrogens (tertiary/aromatic N) is 2. The number of ether oxygens (including phenoxy) is 1. The van der Waals surface area contributed by atoms with Gasteiger partial charge in [-0.2, -0.15) is 0 Å². The Hall–Kier alpha value is -1.66. The van der Waals surface area contributed by atoms with E-state index >= 15 is 0 Å². The Balaban J connectivity index is 1.60. The van der Waals surface area contributed by atoms with Crippen molar-refractivity contribution >= 4 is 5.69 Å². The van der Waals surface area contributed by atoms with Crippen molar-refractivity contribution in [3.05, 3.63) is 34.4 Å². The van der Waals surface area contributed by atoms with Crippen LogP contribution in [-0.4, -0.2) is 49.7 Å². The van der Waals surface area contributed by atoms with E-state index < -0.39 is 4.92 Å². The Labute approximate surface area is 125 Å². The van der Waals surface area contributed by atoms with Crippen molar-refractivity contribution in [1.82, 2.24) is 10.2 Å². The molecule has 1 fully saturated rings. The van der Waals surface area contributed by atoms with E-state index in [-0.39, 0.29) is 5.69 Å². The largest absolute Gasteiger partial charge is 0.492 e. The van der Waals surface area contributed by atoms with E-state index in [1.54, 1.807) is 12.1 Å². The molecule has 0 aliphatic carbocycles. The monoisotopic (exact) mass is 293 g/mol. The molecular weight excluding hydrogens is 270 g/mol. The molecule has 116 valence electrons. The van der Waals surface area contributed by atoms with Gasteiger partial charge in [0, 0.05) is 25.2 Å². The summed E-state index contributed by atoms with van der Waals surface area (Å²) in [5.74, 6) is 1.39. The molecule has 21 heavy (non-hydrogen) atoms. The minimum atomic E-state index is -0.410. The maximum Gasteiger partial charge on any atom is 0.269 e. The van der Waals surface area contributed by atoms with Crippen LogP contribution >= 0.6 is 0 Å². The highest BCUT2D eigenvalue weighted by molar-refractivity contribution is 5.35. The minimum absolute atomic E-state index is 0.0851. The number of nitro groups is 1. The van der Waals surface area contributed by atoms with Gasteiger partial charge in [0.1, 0.15) is 12.4 Å². The maximum absolute atomic E-state index is 10.5. The number of benzene rings is 1. The zero-order chi connectivity index (χ0) is 15.1. The van der Waals surface area contributed by atoms with Gasteiger partial charge in [-0.1, -0.05) is 0 Å². The van der Waals surface area contributed by atoms with Crippen LogP contribution in [0.5, 0.6) is 5.75 Å². The Bertz CT molecular complexity index is 450. The van der Waals surface area contributed by atoms with Crippen LogP contribution in [0.4, 0.5) is 5.69 Å². The van der Waals surface area contributed by atoms with E-state index in [0.29, 0.717) is 12.4 Å².